The van der Waals surface area contributed by atoms with E-state index >= 15 is 0 Å². The van der Waals surface area contributed by atoms with Crippen molar-refractivity contribution in [2.24, 2.45) is 0 Å². The van der Waals surface area contributed by atoms with Crippen LogP contribution in [-0.2, 0) is 6.54 Å². The summed E-state index contributed by atoms with van der Waals surface area (Å²) in [6.45, 7) is 5.31. The molecule has 2 aromatic rings. The van der Waals surface area contributed by atoms with Crippen molar-refractivity contribution in [1.82, 2.24) is 14.9 Å². The van der Waals surface area contributed by atoms with Crippen molar-refractivity contribution in [3.63, 3.8) is 0 Å². The molecule has 176 valence electrons. The first-order valence-corrected chi connectivity index (χ1v) is 10.4. The Morgan fingerprint density at radius 1 is 1.21 bits per heavy atom. The number of halogens is 3. The van der Waals surface area contributed by atoms with Gasteiger partial charge in [0.1, 0.15) is 29.7 Å². The highest BCUT2D eigenvalue weighted by Crippen LogP contribution is 2.33. The number of nitrogens with one attached hydrogen (secondary N) is 1. The second-order valence-electron chi connectivity index (χ2n) is 8.96. The zero-order valence-electron chi connectivity index (χ0n) is 18.3. The van der Waals surface area contributed by atoms with Crippen molar-refractivity contribution in [3.8, 4) is 5.75 Å². The molecule has 4 rings (SSSR count). The Morgan fingerprint density at radius 2 is 1.85 bits per heavy atom. The number of carbonyl (C=O) groups is 2. The number of benzene rings is 1. The Kier molecular flexibility index (Phi) is 5.38. The standard InChI is InChI=1S/C22H23F3N4O4/c1-11-4-5-22(2,3)29-10-27(11)21(33)17-19(31)18(30)14(9-28(17)29)20(32)26-8-13-15(24)6-12(23)7-16(13)25/h6-7,9,11,31H,4-5,8,10H2,1-3H3,(H,26,32)/t11-/m0/s1. The number of aromatic hydroxyl groups is 1. The van der Waals surface area contributed by atoms with Crippen molar-refractivity contribution in [2.75, 3.05) is 11.7 Å². The molecule has 2 aliphatic heterocycles. The fourth-order valence-electron chi connectivity index (χ4n) is 4.23. The number of pyridine rings is 1. The van der Waals surface area contributed by atoms with Crippen LogP contribution in [0, 0.1) is 17.5 Å². The number of rotatable bonds is 3. The summed E-state index contributed by atoms with van der Waals surface area (Å²) in [5.74, 6) is -5.91. The maximum absolute atomic E-state index is 13.9. The third kappa shape index (κ3) is 3.70. The fourth-order valence-corrected chi connectivity index (χ4v) is 4.23. The number of fused-ring (bicyclic) bond motifs is 4. The van der Waals surface area contributed by atoms with Gasteiger partial charge in [0.05, 0.1) is 5.54 Å². The molecule has 2 bridgehead atoms. The smallest absolute Gasteiger partial charge is 0.278 e. The third-order valence-electron chi connectivity index (χ3n) is 6.36. The minimum atomic E-state index is -1.19. The van der Waals surface area contributed by atoms with Gasteiger partial charge in [-0.1, -0.05) is 0 Å². The summed E-state index contributed by atoms with van der Waals surface area (Å²) in [7, 11) is 0. The summed E-state index contributed by atoms with van der Waals surface area (Å²) in [5, 5.41) is 14.6. The molecule has 2 N–H and O–H groups in total. The first-order valence-electron chi connectivity index (χ1n) is 10.4. The Labute approximate surface area is 187 Å². The highest BCUT2D eigenvalue weighted by molar-refractivity contribution is 5.99. The van der Waals surface area contributed by atoms with Crippen molar-refractivity contribution in [1.29, 1.82) is 0 Å². The van der Waals surface area contributed by atoms with Crippen LogP contribution < -0.4 is 15.8 Å². The van der Waals surface area contributed by atoms with Gasteiger partial charge in [-0.05, 0) is 33.6 Å². The summed E-state index contributed by atoms with van der Waals surface area (Å²) >= 11 is 0. The van der Waals surface area contributed by atoms with Crippen LogP contribution in [0.2, 0.25) is 0 Å². The number of carbonyl (C=O) groups excluding carboxylic acids is 2. The largest absolute Gasteiger partial charge is 0.502 e. The predicted octanol–water partition coefficient (Wildman–Crippen LogP) is 2.21. The molecule has 1 fully saturated rings. The lowest BCUT2D eigenvalue weighted by Gasteiger charge is -2.46. The summed E-state index contributed by atoms with van der Waals surface area (Å²) in [5.41, 5.74) is -2.90. The molecule has 1 saturated heterocycles. The van der Waals surface area contributed by atoms with Gasteiger partial charge in [0.25, 0.3) is 11.8 Å². The van der Waals surface area contributed by atoms with E-state index < -0.39 is 63.7 Å². The summed E-state index contributed by atoms with van der Waals surface area (Å²) in [6, 6.07) is 0.835. The molecule has 0 radical (unpaired) electrons. The van der Waals surface area contributed by atoms with Gasteiger partial charge < -0.3 is 15.3 Å². The average Bonchev–Trinajstić information content (AvgIpc) is 2.83. The molecule has 2 amide bonds. The van der Waals surface area contributed by atoms with E-state index in [-0.39, 0.29) is 18.4 Å². The lowest BCUT2D eigenvalue weighted by atomic mass is 9.96. The van der Waals surface area contributed by atoms with E-state index in [0.29, 0.717) is 25.0 Å². The number of nitrogens with zero attached hydrogens (tertiary/aromatic N) is 3. The molecule has 1 atom stereocenters. The first kappa shape index (κ1) is 22.7. The van der Waals surface area contributed by atoms with Crippen molar-refractivity contribution in [2.45, 2.75) is 51.7 Å². The molecule has 8 nitrogen and oxygen atoms in total. The zero-order valence-corrected chi connectivity index (χ0v) is 18.3. The minimum Gasteiger partial charge on any atom is -0.502 e. The van der Waals surface area contributed by atoms with E-state index in [1.54, 1.807) is 9.91 Å². The average molecular weight is 464 g/mol. The molecule has 0 saturated carbocycles. The van der Waals surface area contributed by atoms with Crippen molar-refractivity contribution in [3.05, 3.63) is 62.8 Å². The summed E-state index contributed by atoms with van der Waals surface area (Å²) in [4.78, 5) is 40.1. The molecule has 0 spiro atoms. The Hall–Kier alpha value is -3.50. The molecule has 1 aromatic carbocycles. The summed E-state index contributed by atoms with van der Waals surface area (Å²) < 4.78 is 42.2. The quantitative estimate of drug-likeness (QED) is 0.727. The van der Waals surface area contributed by atoms with E-state index in [2.05, 4.69) is 5.32 Å². The summed E-state index contributed by atoms with van der Waals surface area (Å²) in [6.07, 6.45) is 2.56. The van der Waals surface area contributed by atoms with Crippen molar-refractivity contribution >= 4 is 11.8 Å². The van der Waals surface area contributed by atoms with Crippen LogP contribution >= 0.6 is 0 Å². The molecule has 0 unspecified atom stereocenters. The highest BCUT2D eigenvalue weighted by Gasteiger charge is 2.43. The van der Waals surface area contributed by atoms with Crippen molar-refractivity contribution < 1.29 is 27.9 Å². The fraction of sp³-hybridized carbons (Fsp3) is 0.409. The topological polar surface area (TPSA) is 94.9 Å². The van der Waals surface area contributed by atoms with Gasteiger partial charge in [-0.3, -0.25) is 24.1 Å². The van der Waals surface area contributed by atoms with Crippen LogP contribution in [0.1, 0.15) is 60.0 Å². The molecule has 1 aromatic heterocycles. The van der Waals surface area contributed by atoms with E-state index in [1.165, 1.54) is 4.68 Å². The van der Waals surface area contributed by atoms with E-state index in [1.807, 2.05) is 20.8 Å². The lowest BCUT2D eigenvalue weighted by Crippen LogP contribution is -2.61. The SMILES string of the molecule is C[C@H]1CCC(C)(C)N2CN1C(=O)c1c(O)c(=O)c(C(=O)NCc3c(F)cc(F)cc3F)cn12. The van der Waals surface area contributed by atoms with Crippen LogP contribution in [0.15, 0.2) is 23.1 Å². The predicted molar refractivity (Wildman–Crippen MR) is 112 cm³/mol. The molecule has 0 aliphatic carbocycles. The highest BCUT2D eigenvalue weighted by atomic mass is 19.1. The second kappa shape index (κ2) is 7.82. The van der Waals surface area contributed by atoms with Crippen LogP contribution in [0.25, 0.3) is 0 Å². The Morgan fingerprint density at radius 3 is 2.48 bits per heavy atom. The van der Waals surface area contributed by atoms with Gasteiger partial charge in [0.15, 0.2) is 11.4 Å². The number of amides is 2. The first-order chi connectivity index (χ1) is 15.4. The molecule has 33 heavy (non-hydrogen) atoms. The third-order valence-corrected chi connectivity index (χ3v) is 6.36. The zero-order chi connectivity index (χ0) is 24.2. The molecule has 2 aliphatic rings. The number of hydrogen-bond acceptors (Lipinski definition) is 5. The van der Waals surface area contributed by atoms with E-state index in [9.17, 15) is 32.7 Å². The number of hydrogen-bond donors (Lipinski definition) is 2. The monoisotopic (exact) mass is 464 g/mol. The van der Waals surface area contributed by atoms with Gasteiger partial charge in [0.2, 0.25) is 5.43 Å². The minimum absolute atomic E-state index is 0.117. The van der Waals surface area contributed by atoms with Gasteiger partial charge in [-0.25, -0.2) is 13.2 Å². The molecule has 11 heteroatoms. The second-order valence-corrected chi connectivity index (χ2v) is 8.96. The van der Waals surface area contributed by atoms with Gasteiger partial charge in [-0.15, -0.1) is 0 Å². The van der Waals surface area contributed by atoms with Gasteiger partial charge in [0, 0.05) is 36.5 Å². The Balaban J connectivity index is 1.73. The van der Waals surface area contributed by atoms with Crippen LogP contribution in [0.4, 0.5) is 13.2 Å². The lowest BCUT2D eigenvalue weighted by molar-refractivity contribution is 0.0620. The Bertz CT molecular complexity index is 1200. The molecular weight excluding hydrogens is 441 g/mol. The molecule has 3 heterocycles. The normalized spacial score (nSPS) is 19.2. The van der Waals surface area contributed by atoms with E-state index in [4.69, 9.17) is 0 Å². The molecular formula is C22H23F3N4O4. The van der Waals surface area contributed by atoms with Gasteiger partial charge >= 0.3 is 0 Å². The maximum Gasteiger partial charge on any atom is 0.278 e. The van der Waals surface area contributed by atoms with Gasteiger partial charge in [-0.2, -0.15) is 0 Å². The van der Waals surface area contributed by atoms with Crippen LogP contribution in [0.5, 0.6) is 5.75 Å². The van der Waals surface area contributed by atoms with Crippen LogP contribution in [0.3, 0.4) is 0 Å². The maximum atomic E-state index is 13.9. The van der Waals surface area contributed by atoms with Crippen LogP contribution in [-0.4, -0.2) is 44.7 Å². The van der Waals surface area contributed by atoms with E-state index in [0.717, 1.165) is 6.20 Å². The number of aromatic nitrogens is 1.